The fourth-order valence-corrected chi connectivity index (χ4v) is 7.84. The number of rotatable bonds is 10. The van der Waals surface area contributed by atoms with Gasteiger partial charge in [-0.15, -0.1) is 11.3 Å². The molecule has 8 nitrogen and oxygen atoms in total. The topological polar surface area (TPSA) is 100 Å². The van der Waals surface area contributed by atoms with Crippen molar-refractivity contribution in [3.63, 3.8) is 0 Å². The van der Waals surface area contributed by atoms with Crippen molar-refractivity contribution in [2.45, 2.75) is 88.2 Å². The maximum absolute atomic E-state index is 14.8. The molecule has 1 N–H and O–H groups in total. The van der Waals surface area contributed by atoms with Gasteiger partial charge in [0, 0.05) is 56.3 Å². The molecule has 0 spiro atoms. The van der Waals surface area contributed by atoms with Gasteiger partial charge in [0.1, 0.15) is 10.6 Å². The van der Waals surface area contributed by atoms with Crippen LogP contribution in [-0.2, 0) is 28.4 Å². The molecule has 2 aliphatic heterocycles. The van der Waals surface area contributed by atoms with Crippen LogP contribution in [0.3, 0.4) is 0 Å². The van der Waals surface area contributed by atoms with E-state index in [4.69, 9.17) is 4.74 Å². The minimum absolute atomic E-state index is 0.000715. The van der Waals surface area contributed by atoms with Crippen LogP contribution in [-0.4, -0.2) is 69.0 Å². The standard InChI is InChI=1S/C35H37F6N3O5S/c1-2-6-28-33(49-24-19-29(50-21-24)35(39,40)41,14-5-16-44(28)31(47)26-20-42-15-11-27(26)34(36,37)38)32(48)43-17-12-23(13-18-43)25-8-4-3-7-22(25)9-10-30(45)46/h3-4,7-8,11,15,19-21,23,28H,2,5-6,9-10,12-14,16-18H2,1H3,(H,45,46). The predicted molar refractivity (Wildman–Crippen MR) is 172 cm³/mol. The van der Waals surface area contributed by atoms with Gasteiger partial charge >= 0.3 is 18.3 Å². The Hall–Kier alpha value is -4.14. The fraction of sp³-hybridized carbons (Fsp3) is 0.486. The van der Waals surface area contributed by atoms with E-state index in [-0.39, 0.29) is 57.0 Å². The first-order valence-corrected chi connectivity index (χ1v) is 17.3. The van der Waals surface area contributed by atoms with E-state index in [2.05, 4.69) is 4.98 Å². The van der Waals surface area contributed by atoms with Gasteiger partial charge in [0.25, 0.3) is 11.8 Å². The maximum Gasteiger partial charge on any atom is 0.425 e. The van der Waals surface area contributed by atoms with Crippen LogP contribution in [0.25, 0.3) is 0 Å². The van der Waals surface area contributed by atoms with E-state index < -0.39 is 57.8 Å². The maximum atomic E-state index is 14.8. The van der Waals surface area contributed by atoms with Gasteiger partial charge in [0.2, 0.25) is 5.60 Å². The molecule has 270 valence electrons. The van der Waals surface area contributed by atoms with Gasteiger partial charge in [-0.2, -0.15) is 26.3 Å². The Morgan fingerprint density at radius 1 is 1.04 bits per heavy atom. The Morgan fingerprint density at radius 3 is 2.40 bits per heavy atom. The highest BCUT2D eigenvalue weighted by atomic mass is 32.1. The van der Waals surface area contributed by atoms with Crippen molar-refractivity contribution in [3.05, 3.63) is 81.3 Å². The summed E-state index contributed by atoms with van der Waals surface area (Å²) in [4.78, 5) is 45.5. The number of ether oxygens (including phenoxy) is 1. The molecule has 2 fully saturated rings. The van der Waals surface area contributed by atoms with Crippen LogP contribution >= 0.6 is 11.3 Å². The highest BCUT2D eigenvalue weighted by Gasteiger charge is 2.56. The Morgan fingerprint density at radius 2 is 1.76 bits per heavy atom. The summed E-state index contributed by atoms with van der Waals surface area (Å²) in [5, 5.41) is 10.3. The molecule has 0 saturated carbocycles. The molecule has 1 aromatic carbocycles. The lowest BCUT2D eigenvalue weighted by Gasteiger charge is -2.50. The summed E-state index contributed by atoms with van der Waals surface area (Å²) in [6.45, 7) is 2.26. The average molecular weight is 726 g/mol. The van der Waals surface area contributed by atoms with Crippen LogP contribution in [0.15, 0.2) is 54.2 Å². The van der Waals surface area contributed by atoms with Crippen LogP contribution in [0, 0.1) is 0 Å². The van der Waals surface area contributed by atoms with Crippen molar-refractivity contribution in [2.75, 3.05) is 19.6 Å². The van der Waals surface area contributed by atoms with Crippen LogP contribution in [0.2, 0.25) is 0 Å². The summed E-state index contributed by atoms with van der Waals surface area (Å²) in [6, 6.07) is 7.92. The number of aliphatic carboxylic acids is 1. The zero-order valence-corrected chi connectivity index (χ0v) is 28.0. The highest BCUT2D eigenvalue weighted by Crippen LogP contribution is 2.43. The number of alkyl halides is 6. The number of halogens is 6. The quantitative estimate of drug-likeness (QED) is 0.214. The number of likely N-dealkylation sites (tertiary alicyclic amines) is 2. The van der Waals surface area contributed by atoms with E-state index in [1.54, 1.807) is 11.8 Å². The normalized spacial score (nSPS) is 20.5. The minimum atomic E-state index is -4.87. The number of carbonyl (C=O) groups is 3. The lowest BCUT2D eigenvalue weighted by Crippen LogP contribution is -2.68. The summed E-state index contributed by atoms with van der Waals surface area (Å²) in [5.74, 6) is -2.67. The third-order valence-electron chi connectivity index (χ3n) is 9.44. The van der Waals surface area contributed by atoms with E-state index in [1.165, 1.54) is 4.90 Å². The molecule has 50 heavy (non-hydrogen) atoms. The lowest BCUT2D eigenvalue weighted by molar-refractivity contribution is -0.160. The van der Waals surface area contributed by atoms with Gasteiger partial charge in [-0.1, -0.05) is 37.6 Å². The van der Waals surface area contributed by atoms with Crippen molar-refractivity contribution >= 4 is 29.1 Å². The molecule has 3 aromatic rings. The number of carbonyl (C=O) groups excluding carboxylic acids is 2. The largest absolute Gasteiger partial charge is 0.481 e. The van der Waals surface area contributed by atoms with E-state index >= 15 is 0 Å². The monoisotopic (exact) mass is 725 g/mol. The van der Waals surface area contributed by atoms with Crippen molar-refractivity contribution < 1.29 is 50.6 Å². The summed E-state index contributed by atoms with van der Waals surface area (Å²) < 4.78 is 89.1. The summed E-state index contributed by atoms with van der Waals surface area (Å²) in [5.41, 5.74) is -1.88. The molecule has 0 aliphatic carbocycles. The molecule has 2 aliphatic rings. The van der Waals surface area contributed by atoms with Crippen LogP contribution in [0.4, 0.5) is 26.3 Å². The predicted octanol–water partition coefficient (Wildman–Crippen LogP) is 7.83. The SMILES string of the molecule is CCCC1N(C(=O)c2cnccc2C(F)(F)F)CCCC1(Oc1csc(C(F)(F)F)c1)C(=O)N1CCC(c2ccccc2CCC(=O)O)CC1. The molecular weight excluding hydrogens is 688 g/mol. The number of amides is 2. The van der Waals surface area contributed by atoms with Crippen molar-refractivity contribution in [3.8, 4) is 5.75 Å². The number of benzene rings is 1. The van der Waals surface area contributed by atoms with E-state index in [0.717, 1.165) is 35.0 Å². The molecular formula is C35H37F6N3O5S. The zero-order valence-electron chi connectivity index (χ0n) is 27.2. The van der Waals surface area contributed by atoms with E-state index in [1.807, 2.05) is 24.3 Å². The van der Waals surface area contributed by atoms with Crippen LogP contribution < -0.4 is 4.74 Å². The zero-order chi connectivity index (χ0) is 36.3. The molecule has 2 saturated heterocycles. The first kappa shape index (κ1) is 37.1. The minimum Gasteiger partial charge on any atom is -0.481 e. The summed E-state index contributed by atoms with van der Waals surface area (Å²) >= 11 is 0.394. The number of nitrogens with zero attached hydrogens (tertiary/aromatic N) is 3. The number of thiophene rings is 1. The molecule has 2 aromatic heterocycles. The van der Waals surface area contributed by atoms with E-state index in [9.17, 15) is 45.8 Å². The Kier molecular flexibility index (Phi) is 11.1. The molecule has 0 radical (unpaired) electrons. The number of aromatic nitrogens is 1. The molecule has 2 unspecified atom stereocenters. The number of carboxylic acid groups (broad SMARTS) is 1. The first-order chi connectivity index (χ1) is 23.7. The Labute approximate surface area is 289 Å². The first-order valence-electron chi connectivity index (χ1n) is 16.4. The van der Waals surface area contributed by atoms with Gasteiger partial charge in [-0.25, -0.2) is 0 Å². The fourth-order valence-electron chi connectivity index (χ4n) is 7.16. The van der Waals surface area contributed by atoms with E-state index in [0.29, 0.717) is 43.1 Å². The molecule has 5 rings (SSSR count). The van der Waals surface area contributed by atoms with Gasteiger partial charge < -0.3 is 19.6 Å². The molecule has 4 heterocycles. The molecule has 15 heteroatoms. The number of pyridine rings is 1. The second-order valence-electron chi connectivity index (χ2n) is 12.6. The third kappa shape index (κ3) is 7.92. The number of hydrogen-bond donors (Lipinski definition) is 1. The summed E-state index contributed by atoms with van der Waals surface area (Å²) in [6.07, 6.45) is -5.77. The average Bonchev–Trinajstić information content (AvgIpc) is 3.56. The Balaban J connectivity index is 1.49. The molecule has 0 bridgehead atoms. The van der Waals surface area contributed by atoms with Gasteiger partial charge in [0.15, 0.2) is 0 Å². The van der Waals surface area contributed by atoms with Crippen LogP contribution in [0.1, 0.15) is 89.7 Å². The smallest absolute Gasteiger partial charge is 0.425 e. The third-order valence-corrected chi connectivity index (χ3v) is 10.4. The number of piperidine rings is 2. The van der Waals surface area contributed by atoms with Crippen molar-refractivity contribution in [1.82, 2.24) is 14.8 Å². The second kappa shape index (κ2) is 15.0. The summed E-state index contributed by atoms with van der Waals surface area (Å²) in [7, 11) is 0. The van der Waals surface area contributed by atoms with Gasteiger partial charge in [-0.05, 0) is 55.2 Å². The number of hydrogen-bond acceptors (Lipinski definition) is 6. The lowest BCUT2D eigenvalue weighted by atomic mass is 9.78. The second-order valence-corrected chi connectivity index (χ2v) is 13.5. The Bertz CT molecular complexity index is 1690. The molecule has 2 atom stereocenters. The van der Waals surface area contributed by atoms with Gasteiger partial charge in [-0.3, -0.25) is 19.4 Å². The number of aryl methyl sites for hydroxylation is 1. The number of carboxylic acids is 1. The highest BCUT2D eigenvalue weighted by molar-refractivity contribution is 7.10. The van der Waals surface area contributed by atoms with Crippen molar-refractivity contribution in [1.29, 1.82) is 0 Å². The van der Waals surface area contributed by atoms with Crippen molar-refractivity contribution in [2.24, 2.45) is 0 Å². The van der Waals surface area contributed by atoms with Gasteiger partial charge in [0.05, 0.1) is 17.2 Å². The molecule has 2 amide bonds. The van der Waals surface area contributed by atoms with Crippen LogP contribution in [0.5, 0.6) is 5.75 Å².